The molecule has 1 aromatic carbocycles. The second-order valence-corrected chi connectivity index (χ2v) is 8.28. The molecule has 8 heteroatoms. The first-order valence-corrected chi connectivity index (χ1v) is 10.3. The summed E-state index contributed by atoms with van der Waals surface area (Å²) in [5, 5.41) is 3.21. The van der Waals surface area contributed by atoms with Gasteiger partial charge in [-0.2, -0.15) is 0 Å². The zero-order chi connectivity index (χ0) is 20.5. The van der Waals surface area contributed by atoms with Crippen LogP contribution in [0.3, 0.4) is 0 Å². The summed E-state index contributed by atoms with van der Waals surface area (Å²) in [6, 6.07) is 5.35. The lowest BCUT2D eigenvalue weighted by atomic mass is 10.1. The van der Waals surface area contributed by atoms with E-state index in [0.717, 1.165) is 36.0 Å². The van der Waals surface area contributed by atoms with Crippen LogP contribution in [0.25, 0.3) is 10.2 Å². The third kappa shape index (κ3) is 3.93. The van der Waals surface area contributed by atoms with Gasteiger partial charge in [-0.1, -0.05) is 6.07 Å². The van der Waals surface area contributed by atoms with Crippen LogP contribution in [0.5, 0.6) is 0 Å². The maximum absolute atomic E-state index is 12.4. The Hall–Kier alpha value is -3.00. The molecule has 1 aliphatic rings. The fourth-order valence-electron chi connectivity index (χ4n) is 3.45. The number of fused-ring (bicyclic) bond motifs is 3. The van der Waals surface area contributed by atoms with E-state index in [-0.39, 0.29) is 24.6 Å². The van der Waals surface area contributed by atoms with Crippen molar-refractivity contribution >= 4 is 33.4 Å². The highest BCUT2D eigenvalue weighted by atomic mass is 32.1. The molecule has 0 atom stereocenters. The predicted octanol–water partition coefficient (Wildman–Crippen LogP) is 2.56. The van der Waals surface area contributed by atoms with Crippen LogP contribution in [0.1, 0.15) is 44.2 Å². The van der Waals surface area contributed by atoms with Crippen LogP contribution in [0.15, 0.2) is 23.0 Å². The van der Waals surface area contributed by atoms with E-state index in [9.17, 15) is 14.4 Å². The van der Waals surface area contributed by atoms with E-state index in [4.69, 9.17) is 4.74 Å². The largest absolute Gasteiger partial charge is 0.456 e. The minimum absolute atomic E-state index is 0.147. The number of amides is 1. The Balaban J connectivity index is 1.35. The summed E-state index contributed by atoms with van der Waals surface area (Å²) >= 11 is 1.53. The summed E-state index contributed by atoms with van der Waals surface area (Å²) in [4.78, 5) is 45.6. The second-order valence-electron chi connectivity index (χ2n) is 7.19. The number of H-pyrrole nitrogens is 1. The van der Waals surface area contributed by atoms with Gasteiger partial charge in [0.25, 0.3) is 11.5 Å². The number of nitrogens with zero attached hydrogens (tertiary/aromatic N) is 1. The summed E-state index contributed by atoms with van der Waals surface area (Å²) in [6.07, 6.45) is 2.97. The molecule has 2 aromatic heterocycles. The Labute approximate surface area is 171 Å². The summed E-state index contributed by atoms with van der Waals surface area (Å²) in [7, 11) is 0. The number of hydrogen-bond donors (Lipinski definition) is 2. The van der Waals surface area contributed by atoms with Crippen molar-refractivity contribution in [2.45, 2.75) is 39.7 Å². The molecule has 3 aromatic rings. The maximum atomic E-state index is 12.4. The first-order valence-electron chi connectivity index (χ1n) is 9.47. The molecule has 1 aliphatic carbocycles. The van der Waals surface area contributed by atoms with E-state index < -0.39 is 5.97 Å². The van der Waals surface area contributed by atoms with Crippen molar-refractivity contribution in [3.05, 3.63) is 61.5 Å². The molecule has 0 spiro atoms. The van der Waals surface area contributed by atoms with Gasteiger partial charge in [-0.05, 0) is 61.9 Å². The van der Waals surface area contributed by atoms with Crippen LogP contribution >= 0.6 is 11.3 Å². The Bertz CT molecular complexity index is 1180. The Morgan fingerprint density at radius 3 is 2.86 bits per heavy atom. The number of carbonyl (C=O) groups excluding carboxylic acids is 2. The zero-order valence-electron chi connectivity index (χ0n) is 16.3. The van der Waals surface area contributed by atoms with Crippen molar-refractivity contribution in [3.63, 3.8) is 0 Å². The lowest BCUT2D eigenvalue weighted by Gasteiger charge is -2.08. The molecule has 1 amide bonds. The fourth-order valence-corrected chi connectivity index (χ4v) is 4.73. The number of carbonyl (C=O) groups is 2. The molecular weight excluding hydrogens is 390 g/mol. The average Bonchev–Trinajstić information content (AvgIpc) is 3.27. The highest BCUT2D eigenvalue weighted by molar-refractivity contribution is 7.18. The predicted molar refractivity (Wildman–Crippen MR) is 110 cm³/mol. The van der Waals surface area contributed by atoms with Gasteiger partial charge in [0.15, 0.2) is 0 Å². The summed E-state index contributed by atoms with van der Waals surface area (Å²) in [6.45, 7) is 3.48. The number of aromatic nitrogens is 2. The summed E-state index contributed by atoms with van der Waals surface area (Å²) in [5.74, 6) is -0.638. The smallest absolute Gasteiger partial charge is 0.325 e. The van der Waals surface area contributed by atoms with Gasteiger partial charge in [0.2, 0.25) is 0 Å². The highest BCUT2D eigenvalue weighted by Crippen LogP contribution is 2.34. The topological polar surface area (TPSA) is 101 Å². The van der Waals surface area contributed by atoms with Gasteiger partial charge in [-0.15, -0.1) is 11.3 Å². The van der Waals surface area contributed by atoms with E-state index in [2.05, 4.69) is 15.3 Å². The number of nitrogens with one attached hydrogen (secondary N) is 2. The third-order valence-electron chi connectivity index (χ3n) is 5.16. The number of esters is 1. The van der Waals surface area contributed by atoms with Crippen molar-refractivity contribution in [1.82, 2.24) is 15.3 Å². The van der Waals surface area contributed by atoms with E-state index in [1.165, 1.54) is 16.2 Å². The Kier molecular flexibility index (Phi) is 5.19. The molecule has 0 unspecified atom stereocenters. The van der Waals surface area contributed by atoms with Crippen molar-refractivity contribution < 1.29 is 14.3 Å². The number of rotatable bonds is 5. The van der Waals surface area contributed by atoms with Crippen LogP contribution in [0.2, 0.25) is 0 Å². The second kappa shape index (κ2) is 7.79. The molecule has 4 rings (SSSR count). The molecule has 0 aliphatic heterocycles. The first-order chi connectivity index (χ1) is 13.9. The van der Waals surface area contributed by atoms with Crippen LogP contribution in [-0.4, -0.2) is 28.4 Å². The number of thiophene rings is 1. The number of hydrogen-bond acceptors (Lipinski definition) is 6. The third-order valence-corrected chi connectivity index (χ3v) is 6.34. The first kappa shape index (κ1) is 19.3. The van der Waals surface area contributed by atoms with Gasteiger partial charge < -0.3 is 15.0 Å². The minimum Gasteiger partial charge on any atom is -0.456 e. The van der Waals surface area contributed by atoms with E-state index in [0.29, 0.717) is 21.6 Å². The standard InChI is InChI=1S/C21H21N3O4S/c1-11-6-7-13(8-12(11)2)19(26)22-9-17(25)28-10-16-23-20(27)18-14-4-3-5-15(14)29-21(18)24-16/h6-8H,3-5,9-10H2,1-2H3,(H,22,26)(H,23,24,27). The number of aryl methyl sites for hydroxylation is 4. The van der Waals surface area contributed by atoms with Gasteiger partial charge in [-0.25, -0.2) is 4.98 Å². The fraction of sp³-hybridized carbons (Fsp3) is 0.333. The van der Waals surface area contributed by atoms with Crippen molar-refractivity contribution in [3.8, 4) is 0 Å². The molecule has 0 saturated carbocycles. The quantitative estimate of drug-likeness (QED) is 0.629. The molecule has 2 N–H and O–H groups in total. The molecule has 7 nitrogen and oxygen atoms in total. The van der Waals surface area contributed by atoms with Gasteiger partial charge in [0, 0.05) is 10.4 Å². The lowest BCUT2D eigenvalue weighted by molar-refractivity contribution is -0.143. The zero-order valence-corrected chi connectivity index (χ0v) is 17.1. The molecule has 150 valence electrons. The Morgan fingerprint density at radius 1 is 1.24 bits per heavy atom. The SMILES string of the molecule is Cc1ccc(C(=O)NCC(=O)OCc2nc3sc4c(c3c(=O)[nH]2)CCC4)cc1C. The minimum atomic E-state index is -0.599. The monoisotopic (exact) mass is 411 g/mol. The van der Waals surface area contributed by atoms with E-state index in [1.54, 1.807) is 12.1 Å². The Morgan fingerprint density at radius 2 is 2.07 bits per heavy atom. The molecule has 29 heavy (non-hydrogen) atoms. The molecule has 0 saturated heterocycles. The van der Waals surface area contributed by atoms with Crippen molar-refractivity contribution in [1.29, 1.82) is 0 Å². The van der Waals surface area contributed by atoms with Crippen molar-refractivity contribution in [2.75, 3.05) is 6.54 Å². The van der Waals surface area contributed by atoms with Crippen molar-refractivity contribution in [2.24, 2.45) is 0 Å². The number of ether oxygens (including phenoxy) is 1. The van der Waals surface area contributed by atoms with Gasteiger partial charge in [0.05, 0.1) is 5.39 Å². The molecular formula is C21H21N3O4S. The maximum Gasteiger partial charge on any atom is 0.325 e. The van der Waals surface area contributed by atoms with Gasteiger partial charge in [-0.3, -0.25) is 14.4 Å². The van der Waals surface area contributed by atoms with Crippen LogP contribution in [0, 0.1) is 13.8 Å². The van der Waals surface area contributed by atoms with Gasteiger partial charge >= 0.3 is 5.97 Å². The average molecular weight is 411 g/mol. The molecule has 0 bridgehead atoms. The molecule has 2 heterocycles. The number of benzene rings is 1. The normalized spacial score (nSPS) is 12.8. The van der Waals surface area contributed by atoms with Gasteiger partial charge in [0.1, 0.15) is 23.8 Å². The number of aromatic amines is 1. The van der Waals surface area contributed by atoms with E-state index >= 15 is 0 Å². The summed E-state index contributed by atoms with van der Waals surface area (Å²) in [5.41, 5.74) is 3.50. The highest BCUT2D eigenvalue weighted by Gasteiger charge is 2.21. The molecule has 0 fully saturated rings. The molecule has 0 radical (unpaired) electrons. The summed E-state index contributed by atoms with van der Waals surface area (Å²) < 4.78 is 5.16. The van der Waals surface area contributed by atoms with Crippen LogP contribution in [-0.2, 0) is 29.0 Å². The van der Waals surface area contributed by atoms with Crippen LogP contribution < -0.4 is 10.9 Å². The lowest BCUT2D eigenvalue weighted by Crippen LogP contribution is -2.30. The van der Waals surface area contributed by atoms with E-state index in [1.807, 2.05) is 19.9 Å². The van der Waals surface area contributed by atoms with Crippen LogP contribution in [0.4, 0.5) is 0 Å².